The monoisotopic (exact) mass is 358 g/mol. The summed E-state index contributed by atoms with van der Waals surface area (Å²) in [6.45, 7) is 2.08. The van der Waals surface area contributed by atoms with Crippen LogP contribution in [0.15, 0.2) is 36.4 Å². The third-order valence-corrected chi connectivity index (χ3v) is 5.23. The van der Waals surface area contributed by atoms with E-state index in [1.807, 2.05) is 24.3 Å². The fourth-order valence-corrected chi connectivity index (χ4v) is 3.86. The van der Waals surface area contributed by atoms with Crippen molar-refractivity contribution in [2.24, 2.45) is 0 Å². The molecule has 0 amide bonds. The average Bonchev–Trinajstić information content (AvgIpc) is 3.07. The first-order valence-corrected chi connectivity index (χ1v) is 8.14. The Morgan fingerprint density at radius 3 is 2.05 bits per heavy atom. The molecular weight excluding hydrogens is 346 g/mol. The summed E-state index contributed by atoms with van der Waals surface area (Å²) < 4.78 is 13.5. The molecule has 116 valence electrons. The van der Waals surface area contributed by atoms with Crippen LogP contribution in [0.1, 0.15) is 35.4 Å². The summed E-state index contributed by atoms with van der Waals surface area (Å²) in [5, 5.41) is 8.88. The highest BCUT2D eigenvalue weighted by molar-refractivity contribution is 6.35. The second-order valence-electron chi connectivity index (χ2n) is 5.58. The van der Waals surface area contributed by atoms with Gasteiger partial charge in [0, 0.05) is 11.8 Å². The highest BCUT2D eigenvalue weighted by atomic mass is 35.5. The van der Waals surface area contributed by atoms with Crippen molar-refractivity contribution in [3.8, 4) is 0 Å². The third kappa shape index (κ3) is 2.63. The van der Waals surface area contributed by atoms with Crippen molar-refractivity contribution in [3.05, 3.63) is 69.0 Å². The van der Waals surface area contributed by atoms with Gasteiger partial charge in [-0.05, 0) is 35.2 Å². The SMILES string of the molecule is CCc1ccc(C2C(c3cc(Cl)c(F)c(Cl)c3)C2(O)Cl)cc1. The van der Waals surface area contributed by atoms with Crippen LogP contribution >= 0.6 is 34.8 Å². The van der Waals surface area contributed by atoms with Crippen molar-refractivity contribution in [3.63, 3.8) is 0 Å². The predicted molar refractivity (Wildman–Crippen MR) is 88.5 cm³/mol. The minimum absolute atomic E-state index is 0.0676. The Hall–Kier alpha value is -0.800. The van der Waals surface area contributed by atoms with E-state index in [0.717, 1.165) is 12.0 Å². The van der Waals surface area contributed by atoms with Gasteiger partial charge in [-0.1, -0.05) is 66.0 Å². The number of aryl methyl sites for hydroxylation is 1. The van der Waals surface area contributed by atoms with E-state index in [1.165, 1.54) is 17.7 Å². The summed E-state index contributed by atoms with van der Waals surface area (Å²) >= 11 is 17.9. The Labute approximate surface area is 143 Å². The lowest BCUT2D eigenvalue weighted by molar-refractivity contribution is 0.224. The first kappa shape index (κ1) is 16.1. The number of alkyl halides is 1. The molecule has 0 heterocycles. The van der Waals surface area contributed by atoms with E-state index in [4.69, 9.17) is 34.8 Å². The van der Waals surface area contributed by atoms with Crippen molar-refractivity contribution >= 4 is 34.8 Å². The fourth-order valence-electron chi connectivity index (χ4n) is 2.91. The van der Waals surface area contributed by atoms with E-state index in [-0.39, 0.29) is 21.9 Å². The number of hydrogen-bond donors (Lipinski definition) is 1. The van der Waals surface area contributed by atoms with Crippen LogP contribution in [0.5, 0.6) is 0 Å². The summed E-state index contributed by atoms with van der Waals surface area (Å²) in [6.07, 6.45) is 0.947. The van der Waals surface area contributed by atoms with Gasteiger partial charge in [-0.2, -0.15) is 0 Å². The molecule has 3 unspecified atom stereocenters. The number of hydrogen-bond acceptors (Lipinski definition) is 1. The molecule has 1 N–H and O–H groups in total. The van der Waals surface area contributed by atoms with Gasteiger partial charge in [0.1, 0.15) is 0 Å². The fraction of sp³-hybridized carbons (Fsp3) is 0.294. The Morgan fingerprint density at radius 2 is 1.55 bits per heavy atom. The zero-order valence-electron chi connectivity index (χ0n) is 11.8. The molecule has 1 aliphatic rings. The maximum absolute atomic E-state index is 13.5. The Morgan fingerprint density at radius 1 is 1.05 bits per heavy atom. The van der Waals surface area contributed by atoms with Gasteiger partial charge in [-0.3, -0.25) is 0 Å². The smallest absolute Gasteiger partial charge is 0.160 e. The minimum Gasteiger partial charge on any atom is -0.374 e. The number of rotatable bonds is 3. The zero-order valence-corrected chi connectivity index (χ0v) is 14.1. The van der Waals surface area contributed by atoms with E-state index in [0.29, 0.717) is 5.56 Å². The van der Waals surface area contributed by atoms with E-state index in [1.54, 1.807) is 0 Å². The van der Waals surface area contributed by atoms with Crippen LogP contribution in [0, 0.1) is 5.82 Å². The largest absolute Gasteiger partial charge is 0.374 e. The normalized spacial score (nSPS) is 27.0. The van der Waals surface area contributed by atoms with Crippen molar-refractivity contribution in [2.45, 2.75) is 30.2 Å². The molecule has 22 heavy (non-hydrogen) atoms. The van der Waals surface area contributed by atoms with Gasteiger partial charge in [0.2, 0.25) is 0 Å². The predicted octanol–water partition coefficient (Wildman–Crippen LogP) is 5.50. The summed E-state index contributed by atoms with van der Waals surface area (Å²) in [5.41, 5.74) is 2.79. The summed E-state index contributed by atoms with van der Waals surface area (Å²) in [7, 11) is 0. The Kier molecular flexibility index (Phi) is 4.15. The van der Waals surface area contributed by atoms with Crippen molar-refractivity contribution in [2.75, 3.05) is 0 Å². The molecule has 0 spiro atoms. The number of halogens is 4. The van der Waals surface area contributed by atoms with Crippen LogP contribution in [0.3, 0.4) is 0 Å². The molecule has 1 saturated carbocycles. The average molecular weight is 360 g/mol. The maximum Gasteiger partial charge on any atom is 0.160 e. The minimum atomic E-state index is -1.40. The van der Waals surface area contributed by atoms with Crippen molar-refractivity contribution < 1.29 is 9.50 Å². The standard InChI is InChI=1S/C17H14Cl3FO/c1-2-9-3-5-10(6-4-9)14-15(17(14,20)22)11-7-12(18)16(21)13(19)8-11/h3-8,14-15,22H,2H2,1H3. The maximum atomic E-state index is 13.5. The van der Waals surface area contributed by atoms with Crippen LogP contribution in [0.25, 0.3) is 0 Å². The summed E-state index contributed by atoms with van der Waals surface area (Å²) in [6, 6.07) is 10.9. The molecule has 0 radical (unpaired) electrons. The molecule has 0 bridgehead atoms. The molecule has 1 aliphatic carbocycles. The lowest BCUT2D eigenvalue weighted by Crippen LogP contribution is -2.01. The second-order valence-corrected chi connectivity index (χ2v) is 7.00. The van der Waals surface area contributed by atoms with Gasteiger partial charge in [0.05, 0.1) is 10.0 Å². The number of aliphatic hydroxyl groups is 1. The van der Waals surface area contributed by atoms with Crippen LogP contribution in [-0.2, 0) is 6.42 Å². The van der Waals surface area contributed by atoms with E-state index >= 15 is 0 Å². The van der Waals surface area contributed by atoms with Gasteiger partial charge in [0.25, 0.3) is 0 Å². The second kappa shape index (κ2) is 5.68. The highest BCUT2D eigenvalue weighted by Gasteiger charge is 2.64. The molecule has 1 fully saturated rings. The molecule has 0 aliphatic heterocycles. The first-order chi connectivity index (χ1) is 10.4. The summed E-state index contributed by atoms with van der Waals surface area (Å²) in [4.78, 5) is 0. The molecular formula is C17H14Cl3FO. The summed E-state index contributed by atoms with van der Waals surface area (Å²) in [5.74, 6) is -1.29. The molecule has 3 rings (SSSR count). The molecule has 3 atom stereocenters. The van der Waals surface area contributed by atoms with Crippen molar-refractivity contribution in [1.29, 1.82) is 0 Å². The van der Waals surface area contributed by atoms with Crippen molar-refractivity contribution in [1.82, 2.24) is 0 Å². The lowest BCUT2D eigenvalue weighted by atomic mass is 10.0. The lowest BCUT2D eigenvalue weighted by Gasteiger charge is -2.04. The molecule has 2 aromatic carbocycles. The number of benzene rings is 2. The van der Waals surface area contributed by atoms with E-state index < -0.39 is 10.9 Å². The Bertz CT molecular complexity index is 689. The molecule has 0 aromatic heterocycles. The molecule has 1 nitrogen and oxygen atoms in total. The van der Waals surface area contributed by atoms with Crippen LogP contribution in [0.4, 0.5) is 4.39 Å². The van der Waals surface area contributed by atoms with Gasteiger partial charge < -0.3 is 5.11 Å². The van der Waals surface area contributed by atoms with Crippen LogP contribution < -0.4 is 0 Å². The molecule has 2 aromatic rings. The molecule has 0 saturated heterocycles. The quantitative estimate of drug-likeness (QED) is 0.566. The van der Waals surface area contributed by atoms with E-state index in [9.17, 15) is 9.50 Å². The van der Waals surface area contributed by atoms with Gasteiger partial charge in [-0.15, -0.1) is 0 Å². The van der Waals surface area contributed by atoms with Crippen LogP contribution in [-0.4, -0.2) is 10.2 Å². The third-order valence-electron chi connectivity index (χ3n) is 4.21. The van der Waals surface area contributed by atoms with Crippen LogP contribution in [0.2, 0.25) is 10.0 Å². The molecule has 5 heteroatoms. The van der Waals surface area contributed by atoms with Gasteiger partial charge in [-0.25, -0.2) is 4.39 Å². The topological polar surface area (TPSA) is 20.2 Å². The highest BCUT2D eigenvalue weighted by Crippen LogP contribution is 2.66. The van der Waals surface area contributed by atoms with Gasteiger partial charge >= 0.3 is 0 Å². The Balaban J connectivity index is 1.95. The zero-order chi connectivity index (χ0) is 16.1. The van der Waals surface area contributed by atoms with E-state index in [2.05, 4.69) is 6.92 Å². The first-order valence-electron chi connectivity index (χ1n) is 7.00. The van der Waals surface area contributed by atoms with Gasteiger partial charge in [0.15, 0.2) is 10.9 Å².